The van der Waals surface area contributed by atoms with Crippen LogP contribution in [-0.2, 0) is 4.79 Å². The maximum absolute atomic E-state index is 13.1. The Kier molecular flexibility index (Phi) is 5.45. The van der Waals surface area contributed by atoms with Gasteiger partial charge in [0.15, 0.2) is 0 Å². The molecule has 0 aromatic heterocycles. The summed E-state index contributed by atoms with van der Waals surface area (Å²) in [6.45, 7) is 2.32. The number of benzene rings is 1. The number of amides is 1. The van der Waals surface area contributed by atoms with Crippen molar-refractivity contribution in [3.63, 3.8) is 0 Å². The number of hydrogen-bond acceptors (Lipinski definition) is 5. The Morgan fingerprint density at radius 2 is 2.08 bits per heavy atom. The van der Waals surface area contributed by atoms with Crippen molar-refractivity contribution in [2.75, 3.05) is 33.7 Å². The quantitative estimate of drug-likeness (QED) is 0.610. The molecule has 3 rings (SSSR count). The average molecular weight is 335 g/mol. The molecule has 2 aliphatic rings. The predicted octanol–water partition coefficient (Wildman–Crippen LogP) is -0.000900. The van der Waals surface area contributed by atoms with Gasteiger partial charge in [0.2, 0.25) is 5.91 Å². The first-order chi connectivity index (χ1) is 11.6. The van der Waals surface area contributed by atoms with E-state index in [1.807, 2.05) is 19.0 Å². The third-order valence-corrected chi connectivity index (χ3v) is 5.01. The van der Waals surface area contributed by atoms with Gasteiger partial charge in [0.25, 0.3) is 0 Å². The van der Waals surface area contributed by atoms with Crippen molar-refractivity contribution in [1.82, 2.24) is 26.4 Å². The minimum Gasteiger partial charge on any atom is -0.353 e. The van der Waals surface area contributed by atoms with E-state index in [4.69, 9.17) is 0 Å². The zero-order chi connectivity index (χ0) is 17.1. The molecule has 2 heterocycles. The van der Waals surface area contributed by atoms with Crippen LogP contribution < -0.4 is 21.5 Å². The Labute approximate surface area is 142 Å². The number of carbonyl (C=O) groups is 1. The molecule has 0 bridgehead atoms. The number of hydrazine groups is 1. The lowest BCUT2D eigenvalue weighted by molar-refractivity contribution is -0.124. The van der Waals surface area contributed by atoms with E-state index in [-0.39, 0.29) is 29.7 Å². The Morgan fingerprint density at radius 3 is 2.79 bits per heavy atom. The molecule has 0 aliphatic carbocycles. The summed E-state index contributed by atoms with van der Waals surface area (Å²) in [7, 11) is 3.91. The lowest BCUT2D eigenvalue weighted by Gasteiger charge is -2.29. The Hall–Kier alpha value is -1.54. The predicted molar refractivity (Wildman–Crippen MR) is 90.7 cm³/mol. The van der Waals surface area contributed by atoms with Gasteiger partial charge in [-0.2, -0.15) is 0 Å². The monoisotopic (exact) mass is 335 g/mol. The molecule has 4 atom stereocenters. The topological polar surface area (TPSA) is 68.4 Å². The highest BCUT2D eigenvalue weighted by atomic mass is 19.1. The summed E-state index contributed by atoms with van der Waals surface area (Å²) in [5.74, 6) is 0.0207. The number of nitrogens with one attached hydrogen (secondary N) is 4. The van der Waals surface area contributed by atoms with Crippen LogP contribution in [0.4, 0.5) is 4.39 Å². The highest BCUT2D eigenvalue weighted by Gasteiger charge is 2.41. The molecular formula is C17H26FN5O. The van der Waals surface area contributed by atoms with Gasteiger partial charge in [-0.25, -0.2) is 9.82 Å². The number of likely N-dealkylation sites (N-methyl/N-ethyl adjacent to an activating group) is 1. The standard InChI is InChI=1S/C17H26FN5O/c1-23(2)15(11-3-5-12(18)6-4-11)10-20-17(24)16-13-9-19-8-7-14(13)21-22-16/h3-6,13-16,19,21-22H,7-10H2,1-2H3,(H,20,24). The number of fused-ring (bicyclic) bond motifs is 1. The minimum absolute atomic E-state index is 0.00388. The molecule has 2 fully saturated rings. The van der Waals surface area contributed by atoms with Crippen molar-refractivity contribution in [2.45, 2.75) is 24.5 Å². The van der Waals surface area contributed by atoms with Crippen LogP contribution >= 0.6 is 0 Å². The largest absolute Gasteiger partial charge is 0.353 e. The summed E-state index contributed by atoms with van der Waals surface area (Å²) in [6.07, 6.45) is 1.03. The van der Waals surface area contributed by atoms with E-state index < -0.39 is 0 Å². The van der Waals surface area contributed by atoms with Crippen LogP contribution in [0.3, 0.4) is 0 Å². The van der Waals surface area contributed by atoms with Crippen molar-refractivity contribution < 1.29 is 9.18 Å². The van der Waals surface area contributed by atoms with Crippen LogP contribution in [0.5, 0.6) is 0 Å². The van der Waals surface area contributed by atoms with Gasteiger partial charge in [0, 0.05) is 25.0 Å². The Balaban J connectivity index is 1.60. The summed E-state index contributed by atoms with van der Waals surface area (Å²) >= 11 is 0. The van der Waals surface area contributed by atoms with Gasteiger partial charge in [0.05, 0.1) is 6.04 Å². The molecule has 2 saturated heterocycles. The van der Waals surface area contributed by atoms with E-state index in [1.165, 1.54) is 12.1 Å². The first kappa shape index (κ1) is 17.3. The fourth-order valence-electron chi connectivity index (χ4n) is 3.57. The molecule has 1 aromatic carbocycles. The minimum atomic E-state index is -0.252. The lowest BCUT2D eigenvalue weighted by Crippen LogP contribution is -2.50. The second-order valence-electron chi connectivity index (χ2n) is 6.81. The molecule has 7 heteroatoms. The molecule has 132 valence electrons. The SMILES string of the molecule is CN(C)C(CNC(=O)C1NNC2CCNCC21)c1ccc(F)cc1. The summed E-state index contributed by atoms with van der Waals surface area (Å²) in [6, 6.07) is 6.57. The maximum atomic E-state index is 13.1. The number of halogens is 1. The summed E-state index contributed by atoms with van der Waals surface area (Å²) < 4.78 is 13.1. The van der Waals surface area contributed by atoms with Gasteiger partial charge in [0.1, 0.15) is 11.9 Å². The van der Waals surface area contributed by atoms with Crippen molar-refractivity contribution in [1.29, 1.82) is 0 Å². The molecule has 24 heavy (non-hydrogen) atoms. The number of rotatable bonds is 5. The van der Waals surface area contributed by atoms with Gasteiger partial charge in [-0.15, -0.1) is 0 Å². The molecule has 4 N–H and O–H groups in total. The zero-order valence-electron chi connectivity index (χ0n) is 14.2. The average Bonchev–Trinajstić information content (AvgIpc) is 3.00. The fourth-order valence-corrected chi connectivity index (χ4v) is 3.57. The third-order valence-electron chi connectivity index (χ3n) is 5.01. The van der Waals surface area contributed by atoms with Gasteiger partial charge < -0.3 is 15.5 Å². The van der Waals surface area contributed by atoms with Gasteiger partial charge >= 0.3 is 0 Å². The van der Waals surface area contributed by atoms with E-state index >= 15 is 0 Å². The number of nitrogens with zero attached hydrogens (tertiary/aromatic N) is 1. The van der Waals surface area contributed by atoms with Crippen LogP contribution in [0.15, 0.2) is 24.3 Å². The normalized spacial score (nSPS) is 27.8. The van der Waals surface area contributed by atoms with Crippen molar-refractivity contribution >= 4 is 5.91 Å². The van der Waals surface area contributed by atoms with Crippen LogP contribution in [0.1, 0.15) is 18.0 Å². The first-order valence-electron chi connectivity index (χ1n) is 8.47. The fraction of sp³-hybridized carbons (Fsp3) is 0.588. The highest BCUT2D eigenvalue weighted by Crippen LogP contribution is 2.21. The smallest absolute Gasteiger partial charge is 0.238 e. The summed E-state index contributed by atoms with van der Waals surface area (Å²) in [5.41, 5.74) is 7.35. The van der Waals surface area contributed by atoms with Gasteiger partial charge in [-0.1, -0.05) is 12.1 Å². The van der Waals surface area contributed by atoms with Gasteiger partial charge in [-0.05, 0) is 44.8 Å². The Morgan fingerprint density at radius 1 is 1.33 bits per heavy atom. The molecule has 6 nitrogen and oxygen atoms in total. The summed E-state index contributed by atoms with van der Waals surface area (Å²) in [4.78, 5) is 14.6. The maximum Gasteiger partial charge on any atom is 0.238 e. The highest BCUT2D eigenvalue weighted by molar-refractivity contribution is 5.82. The van der Waals surface area contributed by atoms with Crippen LogP contribution in [0.2, 0.25) is 0 Å². The van der Waals surface area contributed by atoms with E-state index in [1.54, 1.807) is 12.1 Å². The van der Waals surface area contributed by atoms with E-state index in [9.17, 15) is 9.18 Å². The molecule has 2 aliphatic heterocycles. The number of hydrogen-bond donors (Lipinski definition) is 4. The molecule has 1 aromatic rings. The van der Waals surface area contributed by atoms with Gasteiger partial charge in [-0.3, -0.25) is 10.2 Å². The lowest BCUT2D eigenvalue weighted by atomic mass is 9.89. The van der Waals surface area contributed by atoms with Crippen LogP contribution in [0.25, 0.3) is 0 Å². The molecule has 4 unspecified atom stereocenters. The second-order valence-corrected chi connectivity index (χ2v) is 6.81. The molecule has 1 amide bonds. The zero-order valence-corrected chi connectivity index (χ0v) is 14.2. The molecular weight excluding hydrogens is 309 g/mol. The third kappa shape index (κ3) is 3.75. The number of piperidine rings is 1. The summed E-state index contributed by atoms with van der Waals surface area (Å²) in [5, 5.41) is 6.40. The van der Waals surface area contributed by atoms with E-state index in [0.717, 1.165) is 25.1 Å². The Bertz CT molecular complexity index is 565. The molecule has 0 radical (unpaired) electrons. The molecule has 0 spiro atoms. The van der Waals surface area contributed by atoms with E-state index in [0.29, 0.717) is 12.6 Å². The first-order valence-corrected chi connectivity index (χ1v) is 8.47. The van der Waals surface area contributed by atoms with Crippen molar-refractivity contribution in [3.8, 4) is 0 Å². The van der Waals surface area contributed by atoms with Crippen LogP contribution in [-0.4, -0.2) is 56.6 Å². The molecule has 0 saturated carbocycles. The van der Waals surface area contributed by atoms with Crippen molar-refractivity contribution in [2.24, 2.45) is 5.92 Å². The van der Waals surface area contributed by atoms with Crippen LogP contribution in [0, 0.1) is 11.7 Å². The van der Waals surface area contributed by atoms with Crippen molar-refractivity contribution in [3.05, 3.63) is 35.6 Å². The number of carbonyl (C=O) groups excluding carboxylic acids is 1. The van der Waals surface area contributed by atoms with E-state index in [2.05, 4.69) is 21.5 Å². The second kappa shape index (κ2) is 7.57.